The standard InChI is InChI=1S/C14H21FN4O2/c1-4-17-13(20)8-19(3)9(2)14(21)18-10-5-6-11(15)12(16)7-10/h5-7,9H,4,8,16H2,1-3H3,(H,17,20)(H,18,21). The molecule has 0 heterocycles. The number of carbonyl (C=O) groups excluding carboxylic acids is 2. The Balaban J connectivity index is 2.61. The number of anilines is 2. The van der Waals surface area contributed by atoms with Crippen LogP contribution in [0.15, 0.2) is 18.2 Å². The second-order valence-corrected chi connectivity index (χ2v) is 4.77. The highest BCUT2D eigenvalue weighted by Crippen LogP contribution is 2.16. The monoisotopic (exact) mass is 296 g/mol. The molecule has 0 aliphatic carbocycles. The number of halogens is 1. The molecule has 0 aliphatic rings. The lowest BCUT2D eigenvalue weighted by atomic mass is 10.2. The molecule has 1 aromatic rings. The number of amides is 2. The molecule has 0 spiro atoms. The molecule has 1 aromatic carbocycles. The van der Waals surface area contributed by atoms with Gasteiger partial charge in [-0.1, -0.05) is 0 Å². The second kappa shape index (κ2) is 7.58. The van der Waals surface area contributed by atoms with Gasteiger partial charge in [0.25, 0.3) is 0 Å². The van der Waals surface area contributed by atoms with Gasteiger partial charge in [-0.2, -0.15) is 0 Å². The quantitative estimate of drug-likeness (QED) is 0.678. The zero-order chi connectivity index (χ0) is 16.0. The maximum Gasteiger partial charge on any atom is 0.241 e. The molecule has 6 nitrogen and oxygen atoms in total. The lowest BCUT2D eigenvalue weighted by Gasteiger charge is -2.23. The van der Waals surface area contributed by atoms with E-state index in [0.717, 1.165) is 0 Å². The van der Waals surface area contributed by atoms with E-state index in [1.807, 2.05) is 6.92 Å². The van der Waals surface area contributed by atoms with E-state index in [4.69, 9.17) is 5.73 Å². The van der Waals surface area contributed by atoms with Crippen LogP contribution < -0.4 is 16.4 Å². The van der Waals surface area contributed by atoms with Crippen LogP contribution in [-0.4, -0.2) is 42.9 Å². The maximum atomic E-state index is 13.0. The largest absolute Gasteiger partial charge is 0.396 e. The van der Waals surface area contributed by atoms with Gasteiger partial charge in [0.1, 0.15) is 5.82 Å². The lowest BCUT2D eigenvalue weighted by Crippen LogP contribution is -2.44. The van der Waals surface area contributed by atoms with Gasteiger partial charge >= 0.3 is 0 Å². The molecule has 2 amide bonds. The molecule has 0 aliphatic heterocycles. The van der Waals surface area contributed by atoms with Gasteiger partial charge in [-0.05, 0) is 39.1 Å². The van der Waals surface area contributed by atoms with Crippen molar-refractivity contribution in [2.75, 3.05) is 31.2 Å². The summed E-state index contributed by atoms with van der Waals surface area (Å²) in [5, 5.41) is 5.30. The minimum absolute atomic E-state index is 0.0314. The number of rotatable bonds is 6. The maximum absolute atomic E-state index is 13.0. The first kappa shape index (κ1) is 16.9. The smallest absolute Gasteiger partial charge is 0.241 e. The minimum atomic E-state index is -0.533. The number of hydrogen-bond donors (Lipinski definition) is 3. The zero-order valence-electron chi connectivity index (χ0n) is 12.4. The summed E-state index contributed by atoms with van der Waals surface area (Å²) >= 11 is 0. The number of nitrogens with zero attached hydrogens (tertiary/aromatic N) is 1. The van der Waals surface area contributed by atoms with E-state index in [-0.39, 0.29) is 24.0 Å². The Morgan fingerprint density at radius 1 is 1.43 bits per heavy atom. The first-order chi connectivity index (χ1) is 9.85. The summed E-state index contributed by atoms with van der Waals surface area (Å²) in [7, 11) is 1.68. The molecule has 116 valence electrons. The van der Waals surface area contributed by atoms with Gasteiger partial charge in [0.15, 0.2) is 0 Å². The molecular formula is C14H21FN4O2. The van der Waals surface area contributed by atoms with E-state index >= 15 is 0 Å². The highest BCUT2D eigenvalue weighted by Gasteiger charge is 2.20. The number of likely N-dealkylation sites (N-methyl/N-ethyl adjacent to an activating group) is 2. The van der Waals surface area contributed by atoms with Gasteiger partial charge < -0.3 is 16.4 Å². The number of nitrogens with two attached hydrogens (primary N) is 1. The SMILES string of the molecule is CCNC(=O)CN(C)C(C)C(=O)Nc1ccc(F)c(N)c1. The van der Waals surface area contributed by atoms with E-state index in [1.165, 1.54) is 18.2 Å². The van der Waals surface area contributed by atoms with Crippen molar-refractivity contribution in [1.29, 1.82) is 0 Å². The van der Waals surface area contributed by atoms with Crippen LogP contribution in [0.25, 0.3) is 0 Å². The minimum Gasteiger partial charge on any atom is -0.396 e. The van der Waals surface area contributed by atoms with Crippen molar-refractivity contribution in [3.63, 3.8) is 0 Å². The Bertz CT molecular complexity index is 522. The summed E-state index contributed by atoms with van der Waals surface area (Å²) in [6, 6.07) is 3.46. The molecular weight excluding hydrogens is 275 g/mol. The number of nitrogen functional groups attached to an aromatic ring is 1. The summed E-state index contributed by atoms with van der Waals surface area (Å²) in [5.74, 6) is -0.979. The third kappa shape index (κ3) is 5.03. The Morgan fingerprint density at radius 2 is 2.10 bits per heavy atom. The third-order valence-electron chi connectivity index (χ3n) is 3.07. The van der Waals surface area contributed by atoms with Gasteiger partial charge in [0.05, 0.1) is 18.3 Å². The molecule has 0 saturated heterocycles. The van der Waals surface area contributed by atoms with Crippen LogP contribution in [0.3, 0.4) is 0 Å². The van der Waals surface area contributed by atoms with Crippen molar-refractivity contribution in [3.05, 3.63) is 24.0 Å². The van der Waals surface area contributed by atoms with Crippen molar-refractivity contribution >= 4 is 23.2 Å². The third-order valence-corrected chi connectivity index (χ3v) is 3.07. The van der Waals surface area contributed by atoms with E-state index in [0.29, 0.717) is 12.2 Å². The Kier molecular flexibility index (Phi) is 6.10. The molecule has 1 atom stereocenters. The van der Waals surface area contributed by atoms with Crippen LogP contribution in [0.2, 0.25) is 0 Å². The molecule has 21 heavy (non-hydrogen) atoms. The lowest BCUT2D eigenvalue weighted by molar-refractivity contribution is -0.124. The number of carbonyl (C=O) groups is 2. The average Bonchev–Trinajstić information content (AvgIpc) is 2.42. The van der Waals surface area contributed by atoms with E-state index in [1.54, 1.807) is 18.9 Å². The number of nitrogens with one attached hydrogen (secondary N) is 2. The Labute approximate surface area is 123 Å². The van der Waals surface area contributed by atoms with Crippen molar-refractivity contribution in [2.45, 2.75) is 19.9 Å². The predicted octanol–water partition coefficient (Wildman–Crippen LogP) is 0.803. The number of benzene rings is 1. The van der Waals surface area contributed by atoms with Gasteiger partial charge in [-0.25, -0.2) is 4.39 Å². The van der Waals surface area contributed by atoms with Crippen LogP contribution in [0.4, 0.5) is 15.8 Å². The summed E-state index contributed by atoms with van der Waals surface area (Å²) in [5.41, 5.74) is 5.82. The summed E-state index contributed by atoms with van der Waals surface area (Å²) in [4.78, 5) is 25.2. The van der Waals surface area contributed by atoms with Gasteiger partial charge in [0.2, 0.25) is 11.8 Å². The highest BCUT2D eigenvalue weighted by molar-refractivity contribution is 5.95. The molecule has 0 bridgehead atoms. The zero-order valence-corrected chi connectivity index (χ0v) is 12.4. The first-order valence-corrected chi connectivity index (χ1v) is 6.68. The van der Waals surface area contributed by atoms with Crippen LogP contribution in [0.5, 0.6) is 0 Å². The summed E-state index contributed by atoms with van der Waals surface area (Å²) in [6.07, 6.45) is 0. The van der Waals surface area contributed by atoms with Crippen molar-refractivity contribution in [2.24, 2.45) is 0 Å². The highest BCUT2D eigenvalue weighted by atomic mass is 19.1. The summed E-state index contributed by atoms with van der Waals surface area (Å²) in [6.45, 7) is 4.17. The Morgan fingerprint density at radius 3 is 2.67 bits per heavy atom. The van der Waals surface area contributed by atoms with Crippen molar-refractivity contribution in [3.8, 4) is 0 Å². The molecule has 0 aromatic heterocycles. The molecule has 0 radical (unpaired) electrons. The Hall–Kier alpha value is -2.15. The van der Waals surface area contributed by atoms with E-state index in [2.05, 4.69) is 10.6 Å². The van der Waals surface area contributed by atoms with E-state index < -0.39 is 11.9 Å². The van der Waals surface area contributed by atoms with Crippen LogP contribution >= 0.6 is 0 Å². The molecule has 4 N–H and O–H groups in total. The average molecular weight is 296 g/mol. The second-order valence-electron chi connectivity index (χ2n) is 4.77. The topological polar surface area (TPSA) is 87.5 Å². The fraction of sp³-hybridized carbons (Fsp3) is 0.429. The molecule has 1 rings (SSSR count). The molecule has 0 fully saturated rings. The first-order valence-electron chi connectivity index (χ1n) is 6.68. The van der Waals surface area contributed by atoms with Gasteiger partial charge in [-0.3, -0.25) is 14.5 Å². The molecule has 7 heteroatoms. The summed E-state index contributed by atoms with van der Waals surface area (Å²) < 4.78 is 13.0. The van der Waals surface area contributed by atoms with Crippen molar-refractivity contribution in [1.82, 2.24) is 10.2 Å². The molecule has 0 saturated carbocycles. The van der Waals surface area contributed by atoms with Gasteiger partial charge in [-0.15, -0.1) is 0 Å². The fourth-order valence-corrected chi connectivity index (χ4v) is 1.68. The number of hydrogen-bond acceptors (Lipinski definition) is 4. The van der Waals surface area contributed by atoms with Gasteiger partial charge in [0, 0.05) is 12.2 Å². The van der Waals surface area contributed by atoms with E-state index in [9.17, 15) is 14.0 Å². The van der Waals surface area contributed by atoms with Crippen molar-refractivity contribution < 1.29 is 14.0 Å². The van der Waals surface area contributed by atoms with Crippen LogP contribution in [-0.2, 0) is 9.59 Å². The van der Waals surface area contributed by atoms with Crippen LogP contribution in [0, 0.1) is 5.82 Å². The van der Waals surface area contributed by atoms with Crippen LogP contribution in [0.1, 0.15) is 13.8 Å². The normalized spacial score (nSPS) is 12.0. The fourth-order valence-electron chi connectivity index (χ4n) is 1.68. The predicted molar refractivity (Wildman–Crippen MR) is 80.2 cm³/mol. The molecule has 1 unspecified atom stereocenters.